The van der Waals surface area contributed by atoms with Crippen molar-refractivity contribution < 1.29 is 0 Å². The average molecular weight is 249 g/mol. The molecule has 80 valence electrons. The first-order valence-electron chi connectivity index (χ1n) is 5.95. The highest BCUT2D eigenvalue weighted by atomic mass is 79.9. The molecule has 0 N–H and O–H groups in total. The summed E-state index contributed by atoms with van der Waals surface area (Å²) in [7, 11) is 0. The van der Waals surface area contributed by atoms with Gasteiger partial charge in [0.05, 0.1) is 0 Å². The summed E-state index contributed by atoms with van der Waals surface area (Å²) in [6.45, 7) is 4.54. The Morgan fingerprint density at radius 1 is 0.769 bits per heavy atom. The molecule has 0 aromatic rings. The van der Waals surface area contributed by atoms with Crippen molar-refractivity contribution in [3.8, 4) is 0 Å². The van der Waals surface area contributed by atoms with E-state index in [1.807, 2.05) is 0 Å². The van der Waals surface area contributed by atoms with Gasteiger partial charge in [0.1, 0.15) is 0 Å². The maximum atomic E-state index is 3.76. The second kappa shape index (κ2) is 10.6. The van der Waals surface area contributed by atoms with Gasteiger partial charge in [0.2, 0.25) is 0 Å². The summed E-state index contributed by atoms with van der Waals surface area (Å²) in [4.78, 5) is 0.788. The first kappa shape index (κ1) is 13.5. The average Bonchev–Trinajstić information content (AvgIpc) is 2.13. The Hall–Kier alpha value is 0.480. The second-order valence-corrected chi connectivity index (χ2v) is 5.24. The number of halogens is 1. The molecule has 0 aliphatic heterocycles. The van der Waals surface area contributed by atoms with E-state index in [1.165, 1.54) is 57.8 Å². The van der Waals surface area contributed by atoms with E-state index >= 15 is 0 Å². The predicted octanol–water partition coefficient (Wildman–Crippen LogP) is 5.30. The first-order valence-corrected chi connectivity index (χ1v) is 6.86. The van der Waals surface area contributed by atoms with E-state index < -0.39 is 0 Å². The molecule has 0 bridgehead atoms. The van der Waals surface area contributed by atoms with Gasteiger partial charge < -0.3 is 0 Å². The van der Waals surface area contributed by atoms with Gasteiger partial charge in [-0.2, -0.15) is 0 Å². The van der Waals surface area contributed by atoms with Gasteiger partial charge in [0, 0.05) is 4.83 Å². The van der Waals surface area contributed by atoms with Crippen molar-refractivity contribution >= 4 is 15.9 Å². The third-order valence-corrected chi connectivity index (χ3v) is 3.41. The Kier molecular flexibility index (Phi) is 11.0. The third kappa shape index (κ3) is 10.4. The number of hydrogen-bond donors (Lipinski definition) is 0. The monoisotopic (exact) mass is 248 g/mol. The topological polar surface area (TPSA) is 0 Å². The van der Waals surface area contributed by atoms with E-state index in [0.717, 1.165) is 4.83 Å². The lowest BCUT2D eigenvalue weighted by Gasteiger charge is -2.08. The Balaban J connectivity index is 3.05. The molecule has 0 nitrogen and oxygen atoms in total. The summed E-state index contributed by atoms with van der Waals surface area (Å²) in [6.07, 6.45) is 12.5. The SMILES string of the molecule is CCCCCC[C@@H](Br)CCCCC. The standard InChI is InChI=1S/C12H25Br/c1-3-5-7-9-11-12(13)10-8-6-4-2/h12H,3-11H2,1-2H3/t12-/m0/s1. The minimum Gasteiger partial charge on any atom is -0.0891 e. The second-order valence-electron chi connectivity index (χ2n) is 3.94. The van der Waals surface area contributed by atoms with Crippen LogP contribution in [0.2, 0.25) is 0 Å². The van der Waals surface area contributed by atoms with Crippen LogP contribution < -0.4 is 0 Å². The van der Waals surface area contributed by atoms with Crippen LogP contribution in [0.5, 0.6) is 0 Å². The molecule has 0 aromatic carbocycles. The normalized spacial score (nSPS) is 13.2. The van der Waals surface area contributed by atoms with Crippen LogP contribution in [0.25, 0.3) is 0 Å². The highest BCUT2D eigenvalue weighted by Gasteiger charge is 2.02. The van der Waals surface area contributed by atoms with E-state index in [4.69, 9.17) is 0 Å². The Labute approximate surface area is 92.6 Å². The van der Waals surface area contributed by atoms with Crippen LogP contribution in [0.4, 0.5) is 0 Å². The summed E-state index contributed by atoms with van der Waals surface area (Å²) in [5.41, 5.74) is 0. The summed E-state index contributed by atoms with van der Waals surface area (Å²) in [5.74, 6) is 0. The molecular formula is C12H25Br. The van der Waals surface area contributed by atoms with Crippen molar-refractivity contribution in [2.24, 2.45) is 0 Å². The Bertz CT molecular complexity index is 91.1. The van der Waals surface area contributed by atoms with Gasteiger partial charge in [0.15, 0.2) is 0 Å². The van der Waals surface area contributed by atoms with Crippen LogP contribution in [-0.4, -0.2) is 4.83 Å². The first-order chi connectivity index (χ1) is 6.31. The van der Waals surface area contributed by atoms with Crippen molar-refractivity contribution in [1.82, 2.24) is 0 Å². The lowest BCUT2D eigenvalue weighted by molar-refractivity contribution is 0.577. The van der Waals surface area contributed by atoms with E-state index in [9.17, 15) is 0 Å². The zero-order chi connectivity index (χ0) is 9.94. The summed E-state index contributed by atoms with van der Waals surface area (Å²) >= 11 is 3.76. The van der Waals surface area contributed by atoms with Crippen LogP contribution in [0.15, 0.2) is 0 Å². The molecule has 1 atom stereocenters. The summed E-state index contributed by atoms with van der Waals surface area (Å²) < 4.78 is 0. The minimum absolute atomic E-state index is 0.788. The van der Waals surface area contributed by atoms with E-state index in [0.29, 0.717) is 0 Å². The summed E-state index contributed by atoms with van der Waals surface area (Å²) in [5, 5.41) is 0. The molecule has 13 heavy (non-hydrogen) atoms. The molecule has 0 aliphatic rings. The fourth-order valence-electron chi connectivity index (χ4n) is 1.55. The third-order valence-electron chi connectivity index (χ3n) is 2.49. The molecule has 0 fully saturated rings. The van der Waals surface area contributed by atoms with Gasteiger partial charge in [-0.05, 0) is 12.8 Å². The highest BCUT2D eigenvalue weighted by molar-refractivity contribution is 9.09. The maximum Gasteiger partial charge on any atom is 0.0145 e. The van der Waals surface area contributed by atoms with E-state index in [-0.39, 0.29) is 0 Å². The predicted molar refractivity (Wildman–Crippen MR) is 65.6 cm³/mol. The van der Waals surface area contributed by atoms with E-state index in [2.05, 4.69) is 29.8 Å². The van der Waals surface area contributed by atoms with Crippen LogP contribution >= 0.6 is 15.9 Å². The molecular weight excluding hydrogens is 224 g/mol. The molecule has 0 saturated carbocycles. The van der Waals surface area contributed by atoms with Crippen LogP contribution in [-0.2, 0) is 0 Å². The highest BCUT2D eigenvalue weighted by Crippen LogP contribution is 2.18. The number of hydrogen-bond acceptors (Lipinski definition) is 0. The van der Waals surface area contributed by atoms with Crippen molar-refractivity contribution in [3.05, 3.63) is 0 Å². The van der Waals surface area contributed by atoms with Gasteiger partial charge >= 0.3 is 0 Å². The Morgan fingerprint density at radius 3 is 1.77 bits per heavy atom. The van der Waals surface area contributed by atoms with Crippen molar-refractivity contribution in [2.75, 3.05) is 0 Å². The fourth-order valence-corrected chi connectivity index (χ4v) is 2.20. The number of alkyl halides is 1. The quantitative estimate of drug-likeness (QED) is 0.384. The van der Waals surface area contributed by atoms with Gasteiger partial charge in [0.25, 0.3) is 0 Å². The molecule has 0 aromatic heterocycles. The van der Waals surface area contributed by atoms with Gasteiger partial charge in [-0.1, -0.05) is 74.7 Å². The molecule has 0 aliphatic carbocycles. The van der Waals surface area contributed by atoms with E-state index in [1.54, 1.807) is 0 Å². The Morgan fingerprint density at radius 2 is 1.23 bits per heavy atom. The largest absolute Gasteiger partial charge is 0.0891 e. The molecule has 0 radical (unpaired) electrons. The maximum absolute atomic E-state index is 3.76. The molecule has 0 saturated heterocycles. The minimum atomic E-state index is 0.788. The molecule has 0 unspecified atom stereocenters. The van der Waals surface area contributed by atoms with Crippen molar-refractivity contribution in [3.63, 3.8) is 0 Å². The lowest BCUT2D eigenvalue weighted by Crippen LogP contribution is -1.97. The van der Waals surface area contributed by atoms with Crippen LogP contribution in [0.1, 0.15) is 71.6 Å². The zero-order valence-corrected chi connectivity index (χ0v) is 10.9. The van der Waals surface area contributed by atoms with Gasteiger partial charge in [-0.3, -0.25) is 0 Å². The summed E-state index contributed by atoms with van der Waals surface area (Å²) in [6, 6.07) is 0. The molecule has 0 rings (SSSR count). The molecule has 1 heteroatoms. The zero-order valence-electron chi connectivity index (χ0n) is 9.32. The van der Waals surface area contributed by atoms with Gasteiger partial charge in [-0.15, -0.1) is 0 Å². The van der Waals surface area contributed by atoms with Crippen LogP contribution in [0, 0.1) is 0 Å². The van der Waals surface area contributed by atoms with Gasteiger partial charge in [-0.25, -0.2) is 0 Å². The molecule has 0 heterocycles. The molecule has 0 amide bonds. The molecule has 0 spiro atoms. The van der Waals surface area contributed by atoms with Crippen LogP contribution in [0.3, 0.4) is 0 Å². The number of unbranched alkanes of at least 4 members (excludes halogenated alkanes) is 5. The number of rotatable bonds is 9. The lowest BCUT2D eigenvalue weighted by atomic mass is 10.1. The fraction of sp³-hybridized carbons (Fsp3) is 1.00. The van der Waals surface area contributed by atoms with Crippen molar-refractivity contribution in [2.45, 2.75) is 76.5 Å². The smallest absolute Gasteiger partial charge is 0.0145 e. The van der Waals surface area contributed by atoms with Crippen molar-refractivity contribution in [1.29, 1.82) is 0 Å².